The van der Waals surface area contributed by atoms with Crippen LogP contribution in [0.3, 0.4) is 0 Å². The SMILES string of the molecule is CCc1ccccc1OCF. The van der Waals surface area contributed by atoms with Gasteiger partial charge in [0.25, 0.3) is 0 Å². The van der Waals surface area contributed by atoms with Gasteiger partial charge in [0.15, 0.2) is 0 Å². The summed E-state index contributed by atoms with van der Waals surface area (Å²) in [5.41, 5.74) is 1.05. The molecule has 2 heteroatoms. The van der Waals surface area contributed by atoms with Crippen LogP contribution in [0.4, 0.5) is 4.39 Å². The summed E-state index contributed by atoms with van der Waals surface area (Å²) in [6, 6.07) is 7.47. The third kappa shape index (κ3) is 1.93. The lowest BCUT2D eigenvalue weighted by molar-refractivity contribution is 0.190. The van der Waals surface area contributed by atoms with Gasteiger partial charge in [-0.05, 0) is 18.1 Å². The van der Waals surface area contributed by atoms with Crippen molar-refractivity contribution in [3.05, 3.63) is 29.8 Å². The lowest BCUT2D eigenvalue weighted by Crippen LogP contribution is -1.93. The smallest absolute Gasteiger partial charge is 0.228 e. The minimum Gasteiger partial charge on any atom is -0.463 e. The van der Waals surface area contributed by atoms with Crippen LogP contribution in [0, 0.1) is 0 Å². The van der Waals surface area contributed by atoms with E-state index in [9.17, 15) is 4.39 Å². The van der Waals surface area contributed by atoms with E-state index >= 15 is 0 Å². The number of rotatable bonds is 3. The van der Waals surface area contributed by atoms with Crippen molar-refractivity contribution in [2.24, 2.45) is 0 Å². The zero-order chi connectivity index (χ0) is 8.10. The molecule has 1 rings (SSSR count). The van der Waals surface area contributed by atoms with E-state index < -0.39 is 6.86 Å². The number of hydrogen-bond donors (Lipinski definition) is 0. The maximum Gasteiger partial charge on any atom is 0.228 e. The van der Waals surface area contributed by atoms with Crippen LogP contribution in [0.15, 0.2) is 24.3 Å². The second-order valence-corrected chi connectivity index (χ2v) is 2.21. The summed E-state index contributed by atoms with van der Waals surface area (Å²) in [7, 11) is 0. The summed E-state index contributed by atoms with van der Waals surface area (Å²) >= 11 is 0. The molecule has 0 radical (unpaired) electrons. The molecule has 1 nitrogen and oxygen atoms in total. The predicted molar refractivity (Wildman–Crippen MR) is 42.4 cm³/mol. The first-order chi connectivity index (χ1) is 5.38. The Labute approximate surface area is 65.8 Å². The molecule has 0 spiro atoms. The molecule has 0 fully saturated rings. The standard InChI is InChI=1S/C9H11FO/c1-2-8-5-3-4-6-9(8)11-7-10/h3-6H,2,7H2,1H3. The molecule has 0 saturated heterocycles. The highest BCUT2D eigenvalue weighted by Crippen LogP contribution is 2.17. The lowest BCUT2D eigenvalue weighted by atomic mass is 10.1. The van der Waals surface area contributed by atoms with Crippen LogP contribution in [0.1, 0.15) is 12.5 Å². The van der Waals surface area contributed by atoms with Crippen LogP contribution >= 0.6 is 0 Å². The van der Waals surface area contributed by atoms with Crippen LogP contribution in [-0.2, 0) is 6.42 Å². The Balaban J connectivity index is 2.83. The summed E-state index contributed by atoms with van der Waals surface area (Å²) in [6.07, 6.45) is 0.871. The molecule has 11 heavy (non-hydrogen) atoms. The van der Waals surface area contributed by atoms with Crippen LogP contribution in [0.5, 0.6) is 5.75 Å². The average Bonchev–Trinajstić information content (AvgIpc) is 2.06. The minimum atomic E-state index is -0.753. The Kier molecular flexibility index (Phi) is 2.90. The summed E-state index contributed by atoms with van der Waals surface area (Å²) in [6.45, 7) is 1.26. The van der Waals surface area contributed by atoms with Crippen molar-refractivity contribution in [1.82, 2.24) is 0 Å². The number of ether oxygens (including phenoxy) is 1. The molecule has 0 unspecified atom stereocenters. The molecule has 0 aliphatic rings. The topological polar surface area (TPSA) is 9.23 Å². The molecule has 1 aromatic rings. The first-order valence-electron chi connectivity index (χ1n) is 3.65. The maximum absolute atomic E-state index is 11.8. The highest BCUT2D eigenvalue weighted by Gasteiger charge is 1.98. The zero-order valence-electron chi connectivity index (χ0n) is 6.51. The predicted octanol–water partition coefficient (Wildman–Crippen LogP) is 2.55. The highest BCUT2D eigenvalue weighted by molar-refractivity contribution is 5.32. The molecule has 0 N–H and O–H groups in total. The number of para-hydroxylation sites is 1. The molecule has 0 atom stereocenters. The molecule has 0 aromatic heterocycles. The lowest BCUT2D eigenvalue weighted by Gasteiger charge is -2.05. The minimum absolute atomic E-state index is 0.650. The highest BCUT2D eigenvalue weighted by atomic mass is 19.1. The van der Waals surface area contributed by atoms with E-state index in [-0.39, 0.29) is 0 Å². The molecule has 0 saturated carbocycles. The van der Waals surface area contributed by atoms with E-state index in [1.165, 1.54) is 0 Å². The van der Waals surface area contributed by atoms with Gasteiger partial charge >= 0.3 is 0 Å². The first-order valence-corrected chi connectivity index (χ1v) is 3.65. The fraction of sp³-hybridized carbons (Fsp3) is 0.333. The molecule has 0 amide bonds. The zero-order valence-corrected chi connectivity index (χ0v) is 6.51. The third-order valence-corrected chi connectivity index (χ3v) is 1.56. The molecular weight excluding hydrogens is 143 g/mol. The second kappa shape index (κ2) is 3.96. The Hall–Kier alpha value is -1.05. The van der Waals surface area contributed by atoms with Crippen molar-refractivity contribution in [2.75, 3.05) is 6.86 Å². The van der Waals surface area contributed by atoms with Crippen molar-refractivity contribution in [3.8, 4) is 5.75 Å². The fourth-order valence-electron chi connectivity index (χ4n) is 0.995. The number of alkyl halides is 1. The van der Waals surface area contributed by atoms with Crippen molar-refractivity contribution in [1.29, 1.82) is 0 Å². The van der Waals surface area contributed by atoms with Gasteiger partial charge in [-0.1, -0.05) is 25.1 Å². The first kappa shape index (κ1) is 8.05. The quantitative estimate of drug-likeness (QED) is 0.650. The summed E-state index contributed by atoms with van der Waals surface area (Å²) in [5, 5.41) is 0. The third-order valence-electron chi connectivity index (χ3n) is 1.56. The van der Waals surface area contributed by atoms with E-state index in [0.717, 1.165) is 12.0 Å². The Morgan fingerprint density at radius 2 is 2.09 bits per heavy atom. The van der Waals surface area contributed by atoms with Gasteiger partial charge in [0.2, 0.25) is 6.86 Å². The van der Waals surface area contributed by atoms with Crippen molar-refractivity contribution in [2.45, 2.75) is 13.3 Å². The molecule has 0 heterocycles. The van der Waals surface area contributed by atoms with E-state index in [1.807, 2.05) is 25.1 Å². The fourth-order valence-corrected chi connectivity index (χ4v) is 0.995. The van der Waals surface area contributed by atoms with E-state index in [0.29, 0.717) is 5.75 Å². The summed E-state index contributed by atoms with van der Waals surface area (Å²) in [5.74, 6) is 0.650. The van der Waals surface area contributed by atoms with Crippen LogP contribution in [0.25, 0.3) is 0 Å². The van der Waals surface area contributed by atoms with E-state index in [2.05, 4.69) is 0 Å². The van der Waals surface area contributed by atoms with Crippen LogP contribution < -0.4 is 4.74 Å². The van der Waals surface area contributed by atoms with Crippen LogP contribution in [-0.4, -0.2) is 6.86 Å². The van der Waals surface area contributed by atoms with Crippen molar-refractivity contribution >= 4 is 0 Å². The number of halogens is 1. The van der Waals surface area contributed by atoms with Gasteiger partial charge in [0.05, 0.1) is 0 Å². The van der Waals surface area contributed by atoms with Crippen LogP contribution in [0.2, 0.25) is 0 Å². The van der Waals surface area contributed by atoms with Gasteiger partial charge in [-0.15, -0.1) is 0 Å². The molecule has 0 aliphatic heterocycles. The van der Waals surface area contributed by atoms with Gasteiger partial charge in [0, 0.05) is 0 Å². The Morgan fingerprint density at radius 1 is 1.36 bits per heavy atom. The van der Waals surface area contributed by atoms with E-state index in [1.54, 1.807) is 6.07 Å². The molecule has 1 aromatic carbocycles. The molecular formula is C9H11FO. The van der Waals surface area contributed by atoms with Gasteiger partial charge in [-0.25, -0.2) is 4.39 Å². The van der Waals surface area contributed by atoms with Gasteiger partial charge in [-0.3, -0.25) is 0 Å². The average molecular weight is 154 g/mol. The monoisotopic (exact) mass is 154 g/mol. The summed E-state index contributed by atoms with van der Waals surface area (Å²) in [4.78, 5) is 0. The summed E-state index contributed by atoms with van der Waals surface area (Å²) < 4.78 is 16.5. The van der Waals surface area contributed by atoms with Gasteiger partial charge < -0.3 is 4.74 Å². The number of benzene rings is 1. The van der Waals surface area contributed by atoms with Gasteiger partial charge in [-0.2, -0.15) is 0 Å². The molecule has 0 bridgehead atoms. The molecule has 0 aliphatic carbocycles. The van der Waals surface area contributed by atoms with Gasteiger partial charge in [0.1, 0.15) is 5.75 Å². The Morgan fingerprint density at radius 3 is 2.73 bits per heavy atom. The van der Waals surface area contributed by atoms with E-state index in [4.69, 9.17) is 4.74 Å². The Bertz CT molecular complexity index is 223. The maximum atomic E-state index is 11.8. The normalized spacial score (nSPS) is 9.64. The largest absolute Gasteiger partial charge is 0.463 e. The number of aryl methyl sites for hydroxylation is 1. The molecule has 60 valence electrons. The number of hydrogen-bond acceptors (Lipinski definition) is 1. The van der Waals surface area contributed by atoms with Crippen molar-refractivity contribution in [3.63, 3.8) is 0 Å². The second-order valence-electron chi connectivity index (χ2n) is 2.21. The van der Waals surface area contributed by atoms with Crippen molar-refractivity contribution < 1.29 is 9.13 Å².